The predicted octanol–water partition coefficient (Wildman–Crippen LogP) is 4.41. The number of nitrogens with one attached hydrogen (secondary N) is 2. The number of hydrogen-bond acceptors (Lipinski definition) is 6. The fraction of sp³-hybridized carbons (Fsp3) is 0.478. The highest BCUT2D eigenvalue weighted by Crippen LogP contribution is 2.52. The van der Waals surface area contributed by atoms with Crippen LogP contribution in [0.5, 0.6) is 0 Å². The highest BCUT2D eigenvalue weighted by molar-refractivity contribution is 7.92. The molecule has 1 unspecified atom stereocenters. The van der Waals surface area contributed by atoms with Gasteiger partial charge < -0.3 is 14.8 Å². The third kappa shape index (κ3) is 4.13. The number of carbonyl (C=O) groups excluding carboxylic acids is 1. The molecule has 32 heavy (non-hydrogen) atoms. The number of nitrogens with zero attached hydrogens (tertiary/aromatic N) is 1. The van der Waals surface area contributed by atoms with Crippen molar-refractivity contribution in [3.8, 4) is 0 Å². The van der Waals surface area contributed by atoms with Crippen LogP contribution in [0.4, 0.5) is 5.69 Å². The first-order chi connectivity index (χ1) is 15.3. The van der Waals surface area contributed by atoms with Crippen LogP contribution in [0, 0.1) is 5.92 Å². The third-order valence-corrected chi connectivity index (χ3v) is 7.37. The first-order valence-electron chi connectivity index (χ1n) is 11.1. The molecule has 0 spiro atoms. The number of aliphatic hydroxyl groups excluding tert-OH is 1. The number of sulfonamides is 1. The second-order valence-electron chi connectivity index (χ2n) is 8.59. The lowest BCUT2D eigenvalue weighted by atomic mass is 9.82. The second kappa shape index (κ2) is 8.61. The van der Waals surface area contributed by atoms with Crippen molar-refractivity contribution >= 4 is 21.7 Å². The van der Waals surface area contributed by atoms with E-state index < -0.39 is 21.6 Å². The normalized spacial score (nSPS) is 19.1. The number of rotatable bonds is 10. The van der Waals surface area contributed by atoms with Crippen LogP contribution in [-0.2, 0) is 19.6 Å². The van der Waals surface area contributed by atoms with Gasteiger partial charge >= 0.3 is 5.97 Å². The van der Waals surface area contributed by atoms with Crippen LogP contribution in [0.15, 0.2) is 53.1 Å². The van der Waals surface area contributed by atoms with Crippen LogP contribution in [0.25, 0.3) is 0 Å². The summed E-state index contributed by atoms with van der Waals surface area (Å²) in [6.07, 6.45) is 7.38. The smallest absolute Gasteiger partial charge is 0.339 e. The number of hydrogen-bond donors (Lipinski definition) is 3. The van der Waals surface area contributed by atoms with Crippen molar-refractivity contribution in [3.63, 3.8) is 0 Å². The molecule has 1 atom stereocenters. The number of esters is 1. The molecule has 0 saturated heterocycles. The average Bonchev–Trinajstić information content (AvgIpc) is 3.34. The zero-order chi connectivity index (χ0) is 22.9. The number of cyclic esters (lactones) is 1. The number of aliphatic hydroxyl groups is 1. The van der Waals surface area contributed by atoms with Crippen molar-refractivity contribution in [2.24, 2.45) is 5.92 Å². The number of imidazole rings is 1. The molecule has 1 aliphatic heterocycles. The monoisotopic (exact) mass is 459 g/mol. The number of aromatic nitrogens is 2. The highest BCUT2D eigenvalue weighted by Gasteiger charge is 2.51. The standard InChI is InChI=1S/C23H29N3O5S/c1-3-10-23(11-4-2)20(27)19(21(28)31-23)18(15-8-9-15)16-6-5-7-17(14-16)26-32(29,30)22-24-12-13-25-22/h5-7,12-15,18,26-27H,3-4,8-11H2,1-2H3,(H,24,25). The van der Waals surface area contributed by atoms with Crippen molar-refractivity contribution in [3.05, 3.63) is 53.6 Å². The fourth-order valence-electron chi connectivity index (χ4n) is 4.67. The number of anilines is 1. The second-order valence-corrected chi connectivity index (χ2v) is 10.2. The summed E-state index contributed by atoms with van der Waals surface area (Å²) in [5.74, 6) is -0.561. The zero-order valence-corrected chi connectivity index (χ0v) is 19.1. The van der Waals surface area contributed by atoms with E-state index in [0.29, 0.717) is 24.1 Å². The first-order valence-corrected chi connectivity index (χ1v) is 12.6. The largest absolute Gasteiger partial charge is 0.507 e. The lowest BCUT2D eigenvalue weighted by Crippen LogP contribution is -2.31. The molecule has 0 radical (unpaired) electrons. The van der Waals surface area contributed by atoms with Gasteiger partial charge in [-0.25, -0.2) is 9.78 Å². The zero-order valence-electron chi connectivity index (χ0n) is 18.3. The highest BCUT2D eigenvalue weighted by atomic mass is 32.2. The minimum absolute atomic E-state index is 0.0460. The molecule has 1 aromatic carbocycles. The maximum absolute atomic E-state index is 13.0. The Balaban J connectivity index is 1.70. The molecular weight excluding hydrogens is 430 g/mol. The summed E-state index contributed by atoms with van der Waals surface area (Å²) in [5.41, 5.74) is 0.501. The molecule has 172 valence electrons. The molecule has 2 aromatic rings. The van der Waals surface area contributed by atoms with Crippen LogP contribution in [0.3, 0.4) is 0 Å². The molecule has 1 aliphatic carbocycles. The Bertz CT molecular complexity index is 1110. The Kier molecular flexibility index (Phi) is 6.03. The van der Waals surface area contributed by atoms with Gasteiger partial charge in [-0.05, 0) is 49.3 Å². The summed E-state index contributed by atoms with van der Waals surface area (Å²) in [4.78, 5) is 19.4. The van der Waals surface area contributed by atoms with E-state index >= 15 is 0 Å². The van der Waals surface area contributed by atoms with Gasteiger partial charge in [0.25, 0.3) is 10.0 Å². The van der Waals surface area contributed by atoms with Crippen LogP contribution in [0.2, 0.25) is 0 Å². The molecule has 0 bridgehead atoms. The Labute approximate surface area is 188 Å². The van der Waals surface area contributed by atoms with Crippen LogP contribution in [0.1, 0.15) is 63.9 Å². The summed E-state index contributed by atoms with van der Waals surface area (Å²) >= 11 is 0. The van der Waals surface area contributed by atoms with Gasteiger partial charge in [0, 0.05) is 24.0 Å². The minimum atomic E-state index is -3.86. The van der Waals surface area contributed by atoms with Crippen molar-refractivity contribution < 1.29 is 23.1 Å². The molecule has 8 nitrogen and oxygen atoms in total. The Morgan fingerprint density at radius 3 is 2.59 bits per heavy atom. The number of H-pyrrole nitrogens is 1. The number of carbonyl (C=O) groups is 1. The maximum atomic E-state index is 13.0. The van der Waals surface area contributed by atoms with Gasteiger partial charge in [0.1, 0.15) is 5.76 Å². The van der Waals surface area contributed by atoms with Crippen molar-refractivity contribution in [2.45, 2.75) is 69.0 Å². The SMILES string of the molecule is CCCC1(CCC)OC(=O)C(C(c2cccc(NS(=O)(=O)c3ncc[nH]3)c2)C2CC2)=C1O. The molecule has 1 saturated carbocycles. The van der Waals surface area contributed by atoms with Gasteiger partial charge in [-0.1, -0.05) is 38.8 Å². The molecule has 1 fully saturated rings. The van der Waals surface area contributed by atoms with Crippen molar-refractivity contribution in [1.82, 2.24) is 9.97 Å². The summed E-state index contributed by atoms with van der Waals surface area (Å²) in [5, 5.41) is 11.1. The number of aromatic amines is 1. The lowest BCUT2D eigenvalue weighted by molar-refractivity contribution is -0.149. The summed E-state index contributed by atoms with van der Waals surface area (Å²) in [6, 6.07) is 6.97. The quantitative estimate of drug-likeness (QED) is 0.453. The van der Waals surface area contributed by atoms with E-state index in [9.17, 15) is 18.3 Å². The summed E-state index contributed by atoms with van der Waals surface area (Å²) < 4.78 is 33.4. The average molecular weight is 460 g/mol. The Morgan fingerprint density at radius 2 is 2.00 bits per heavy atom. The number of ether oxygens (including phenoxy) is 1. The van der Waals surface area contributed by atoms with E-state index in [2.05, 4.69) is 14.7 Å². The molecule has 2 heterocycles. The molecule has 9 heteroatoms. The van der Waals surface area contributed by atoms with E-state index in [0.717, 1.165) is 31.2 Å². The van der Waals surface area contributed by atoms with Crippen molar-refractivity contribution in [1.29, 1.82) is 0 Å². The molecule has 2 aliphatic rings. The van der Waals surface area contributed by atoms with Gasteiger partial charge in [0.2, 0.25) is 5.16 Å². The van der Waals surface area contributed by atoms with Gasteiger partial charge in [0.05, 0.1) is 5.57 Å². The van der Waals surface area contributed by atoms with Gasteiger partial charge in [-0.15, -0.1) is 0 Å². The fourth-order valence-corrected chi connectivity index (χ4v) is 5.63. The van der Waals surface area contributed by atoms with E-state index in [1.54, 1.807) is 18.2 Å². The topological polar surface area (TPSA) is 121 Å². The minimum Gasteiger partial charge on any atom is -0.507 e. The van der Waals surface area contributed by atoms with Crippen LogP contribution >= 0.6 is 0 Å². The third-order valence-electron chi connectivity index (χ3n) is 6.13. The van der Waals surface area contributed by atoms with Gasteiger partial charge in [-0.3, -0.25) is 4.72 Å². The molecule has 3 N–H and O–H groups in total. The molecule has 1 aromatic heterocycles. The maximum Gasteiger partial charge on any atom is 0.339 e. The Morgan fingerprint density at radius 1 is 1.28 bits per heavy atom. The Hall–Kier alpha value is -2.81. The van der Waals surface area contributed by atoms with Crippen molar-refractivity contribution in [2.75, 3.05) is 4.72 Å². The van der Waals surface area contributed by atoms with Gasteiger partial charge in [0.15, 0.2) is 5.60 Å². The first kappa shape index (κ1) is 22.4. The molecular formula is C23H29N3O5S. The molecule has 0 amide bonds. The molecule has 4 rings (SSSR count). The van der Waals surface area contributed by atoms with Gasteiger partial charge in [-0.2, -0.15) is 8.42 Å². The van der Waals surface area contributed by atoms with E-state index in [1.165, 1.54) is 12.4 Å². The van der Waals surface area contributed by atoms with Crippen LogP contribution < -0.4 is 4.72 Å². The van der Waals surface area contributed by atoms with Crippen LogP contribution in [-0.4, -0.2) is 35.1 Å². The summed E-state index contributed by atoms with van der Waals surface area (Å²) in [7, 11) is -3.86. The summed E-state index contributed by atoms with van der Waals surface area (Å²) in [6.45, 7) is 4.01. The van der Waals surface area contributed by atoms with E-state index in [1.807, 2.05) is 19.9 Å². The lowest BCUT2D eigenvalue weighted by Gasteiger charge is -2.27. The van der Waals surface area contributed by atoms with E-state index in [-0.39, 0.29) is 22.8 Å². The van der Waals surface area contributed by atoms with E-state index in [4.69, 9.17) is 4.74 Å². The number of benzene rings is 1. The predicted molar refractivity (Wildman–Crippen MR) is 120 cm³/mol.